The Balaban J connectivity index is 1.70. The minimum atomic E-state index is 0.213. The fourth-order valence-electron chi connectivity index (χ4n) is 1.62. The van der Waals surface area contributed by atoms with Gasteiger partial charge in [-0.25, -0.2) is 0 Å². The number of halogens is 1. The van der Waals surface area contributed by atoms with Crippen molar-refractivity contribution in [2.24, 2.45) is 0 Å². The molecular formula is C13H10ClN3OS2. The van der Waals surface area contributed by atoms with E-state index in [1.54, 1.807) is 34.8 Å². The van der Waals surface area contributed by atoms with Crippen LogP contribution in [0.15, 0.2) is 47.1 Å². The molecule has 20 heavy (non-hydrogen) atoms. The van der Waals surface area contributed by atoms with Gasteiger partial charge in [-0.3, -0.25) is 4.57 Å². The zero-order valence-corrected chi connectivity index (χ0v) is 12.6. The third-order valence-electron chi connectivity index (χ3n) is 2.60. The molecule has 0 aliphatic heterocycles. The summed E-state index contributed by atoms with van der Waals surface area (Å²) in [6.45, 7) is 0. The standard InChI is InChI=1S/C13H10ClN3OS2/c14-11-4-2-1-3-9(11)8-19-13-16-15-12(20-13)17-6-5-10(18)7-17/h1-7,18H,8H2. The summed E-state index contributed by atoms with van der Waals surface area (Å²) in [6, 6.07) is 9.37. The third-order valence-corrected chi connectivity index (χ3v) is 5.09. The van der Waals surface area contributed by atoms with Gasteiger partial charge in [-0.2, -0.15) is 0 Å². The maximum absolute atomic E-state index is 9.32. The summed E-state index contributed by atoms with van der Waals surface area (Å²) in [5, 5.41) is 19.0. The highest BCUT2D eigenvalue weighted by Gasteiger charge is 2.08. The first-order valence-electron chi connectivity index (χ1n) is 5.79. The topological polar surface area (TPSA) is 50.9 Å². The predicted molar refractivity (Wildman–Crippen MR) is 81.9 cm³/mol. The monoisotopic (exact) mass is 323 g/mol. The fraction of sp³-hybridized carbons (Fsp3) is 0.0769. The molecule has 102 valence electrons. The number of hydrogen-bond donors (Lipinski definition) is 1. The van der Waals surface area contributed by atoms with Crippen molar-refractivity contribution in [2.75, 3.05) is 0 Å². The van der Waals surface area contributed by atoms with Crippen molar-refractivity contribution in [3.05, 3.63) is 53.3 Å². The number of hydrogen-bond acceptors (Lipinski definition) is 5. The van der Waals surface area contributed by atoms with Crippen LogP contribution in [0.25, 0.3) is 5.13 Å². The minimum Gasteiger partial charge on any atom is -0.506 e. The third kappa shape index (κ3) is 2.98. The molecule has 0 bridgehead atoms. The summed E-state index contributed by atoms with van der Waals surface area (Å²) >= 11 is 9.19. The van der Waals surface area contributed by atoms with Crippen molar-refractivity contribution in [1.82, 2.24) is 14.8 Å². The number of nitrogens with zero attached hydrogens (tertiary/aromatic N) is 3. The molecule has 0 fully saturated rings. The minimum absolute atomic E-state index is 0.213. The molecule has 0 atom stereocenters. The Labute approximate surface area is 129 Å². The summed E-state index contributed by atoms with van der Waals surface area (Å²) in [4.78, 5) is 0. The van der Waals surface area contributed by atoms with Crippen LogP contribution in [0, 0.1) is 0 Å². The molecule has 0 saturated carbocycles. The average Bonchev–Trinajstić information content (AvgIpc) is 3.06. The Morgan fingerprint density at radius 2 is 2.10 bits per heavy atom. The van der Waals surface area contributed by atoms with Gasteiger partial charge in [0.15, 0.2) is 4.34 Å². The predicted octanol–water partition coefficient (Wildman–Crippen LogP) is 3.98. The molecule has 0 unspecified atom stereocenters. The van der Waals surface area contributed by atoms with Gasteiger partial charge in [0.05, 0.1) is 6.20 Å². The van der Waals surface area contributed by atoms with E-state index in [9.17, 15) is 5.11 Å². The molecule has 0 amide bonds. The molecule has 1 N–H and O–H groups in total. The van der Waals surface area contributed by atoms with Gasteiger partial charge in [-0.1, -0.05) is 52.9 Å². The lowest BCUT2D eigenvalue weighted by Crippen LogP contribution is -1.86. The van der Waals surface area contributed by atoms with Crippen LogP contribution in [0.4, 0.5) is 0 Å². The van der Waals surface area contributed by atoms with E-state index in [2.05, 4.69) is 10.2 Å². The van der Waals surface area contributed by atoms with Gasteiger partial charge in [0.2, 0.25) is 5.13 Å². The molecule has 3 aromatic rings. The van der Waals surface area contributed by atoms with Crippen LogP contribution in [0.2, 0.25) is 5.02 Å². The van der Waals surface area contributed by atoms with Gasteiger partial charge < -0.3 is 5.11 Å². The lowest BCUT2D eigenvalue weighted by atomic mass is 10.2. The molecule has 7 heteroatoms. The molecule has 1 aromatic carbocycles. The van der Waals surface area contributed by atoms with Gasteiger partial charge >= 0.3 is 0 Å². The van der Waals surface area contributed by atoms with Crippen LogP contribution in [0.1, 0.15) is 5.56 Å². The van der Waals surface area contributed by atoms with E-state index in [0.29, 0.717) is 0 Å². The number of thioether (sulfide) groups is 1. The largest absolute Gasteiger partial charge is 0.506 e. The fourth-order valence-corrected chi connectivity index (χ4v) is 3.71. The lowest BCUT2D eigenvalue weighted by Gasteiger charge is -2.00. The maximum atomic E-state index is 9.32. The smallest absolute Gasteiger partial charge is 0.217 e. The SMILES string of the molecule is Oc1ccn(-c2nnc(SCc3ccccc3Cl)s2)c1. The number of aromatic hydroxyl groups is 1. The highest BCUT2D eigenvalue weighted by molar-refractivity contribution is 8.00. The first-order chi connectivity index (χ1) is 9.72. The molecule has 0 saturated heterocycles. The normalized spacial score (nSPS) is 10.8. The molecule has 0 aliphatic carbocycles. The van der Waals surface area contributed by atoms with Crippen molar-refractivity contribution in [3.63, 3.8) is 0 Å². The first kappa shape index (κ1) is 13.5. The number of benzene rings is 1. The molecule has 2 aromatic heterocycles. The Hall–Kier alpha value is -1.50. The Bertz CT molecular complexity index is 726. The van der Waals surface area contributed by atoms with Crippen LogP contribution in [-0.2, 0) is 5.75 Å². The van der Waals surface area contributed by atoms with Gasteiger partial charge in [0.25, 0.3) is 0 Å². The molecule has 0 radical (unpaired) electrons. The van der Waals surface area contributed by atoms with Crippen LogP contribution in [0.5, 0.6) is 5.75 Å². The first-order valence-corrected chi connectivity index (χ1v) is 7.97. The zero-order valence-electron chi connectivity index (χ0n) is 10.2. The highest BCUT2D eigenvalue weighted by atomic mass is 35.5. The lowest BCUT2D eigenvalue weighted by molar-refractivity contribution is 0.475. The van der Waals surface area contributed by atoms with E-state index in [1.165, 1.54) is 11.3 Å². The Morgan fingerprint density at radius 1 is 1.25 bits per heavy atom. The summed E-state index contributed by atoms with van der Waals surface area (Å²) in [6.07, 6.45) is 3.35. The number of aromatic nitrogens is 3. The molecule has 2 heterocycles. The van der Waals surface area contributed by atoms with Crippen molar-refractivity contribution in [3.8, 4) is 10.9 Å². The summed E-state index contributed by atoms with van der Waals surface area (Å²) in [5.74, 6) is 0.969. The second-order valence-corrected chi connectivity index (χ2v) is 6.59. The molecule has 0 aliphatic rings. The van der Waals surface area contributed by atoms with Gasteiger partial charge in [0, 0.05) is 17.0 Å². The second kappa shape index (κ2) is 5.87. The van der Waals surface area contributed by atoms with Crippen molar-refractivity contribution in [2.45, 2.75) is 10.1 Å². The molecular weight excluding hydrogens is 314 g/mol. The van der Waals surface area contributed by atoms with E-state index in [-0.39, 0.29) is 5.75 Å². The van der Waals surface area contributed by atoms with Crippen LogP contribution in [0.3, 0.4) is 0 Å². The van der Waals surface area contributed by atoms with E-state index < -0.39 is 0 Å². The quantitative estimate of drug-likeness (QED) is 0.738. The second-order valence-electron chi connectivity index (χ2n) is 4.01. The summed E-state index contributed by atoms with van der Waals surface area (Å²) < 4.78 is 2.61. The molecule has 0 spiro atoms. The zero-order chi connectivity index (χ0) is 13.9. The Morgan fingerprint density at radius 3 is 2.85 bits per heavy atom. The van der Waals surface area contributed by atoms with E-state index in [4.69, 9.17) is 11.6 Å². The van der Waals surface area contributed by atoms with Crippen LogP contribution in [-0.4, -0.2) is 19.9 Å². The maximum Gasteiger partial charge on any atom is 0.217 e. The van der Waals surface area contributed by atoms with Gasteiger partial charge in [-0.05, 0) is 17.7 Å². The summed E-state index contributed by atoms with van der Waals surface area (Å²) in [5.41, 5.74) is 1.08. The summed E-state index contributed by atoms with van der Waals surface area (Å²) in [7, 11) is 0. The van der Waals surface area contributed by atoms with Crippen molar-refractivity contribution < 1.29 is 5.11 Å². The van der Waals surface area contributed by atoms with Gasteiger partial charge in [0.1, 0.15) is 5.75 Å². The van der Waals surface area contributed by atoms with E-state index >= 15 is 0 Å². The number of rotatable bonds is 4. The van der Waals surface area contributed by atoms with E-state index in [0.717, 1.165) is 25.8 Å². The van der Waals surface area contributed by atoms with E-state index in [1.807, 2.05) is 24.3 Å². The van der Waals surface area contributed by atoms with Crippen LogP contribution < -0.4 is 0 Å². The van der Waals surface area contributed by atoms with Gasteiger partial charge in [-0.15, -0.1) is 10.2 Å². The van der Waals surface area contributed by atoms with Crippen molar-refractivity contribution >= 4 is 34.7 Å². The average molecular weight is 324 g/mol. The van der Waals surface area contributed by atoms with Crippen molar-refractivity contribution in [1.29, 1.82) is 0 Å². The highest BCUT2D eigenvalue weighted by Crippen LogP contribution is 2.30. The van der Waals surface area contributed by atoms with Crippen LogP contribution >= 0.6 is 34.7 Å². The molecule has 3 rings (SSSR count). The Kier molecular flexibility index (Phi) is 3.95. The molecule has 4 nitrogen and oxygen atoms in total.